The van der Waals surface area contributed by atoms with Crippen molar-refractivity contribution in [1.29, 1.82) is 0 Å². The lowest BCUT2D eigenvalue weighted by Crippen LogP contribution is -2.23. The zero-order valence-corrected chi connectivity index (χ0v) is 15.5. The van der Waals surface area contributed by atoms with Gasteiger partial charge in [-0.05, 0) is 32.0 Å². The maximum atomic E-state index is 13.2. The Balaban J connectivity index is 1.85. The van der Waals surface area contributed by atoms with E-state index < -0.39 is 5.91 Å². The number of nitrogens with zero attached hydrogens (tertiary/aromatic N) is 2. The Labute approximate surface area is 150 Å². The van der Waals surface area contributed by atoms with Crippen LogP contribution in [0.15, 0.2) is 24.3 Å². The molecule has 3 rings (SSSR count). The molecule has 2 heterocycles. The van der Waals surface area contributed by atoms with Gasteiger partial charge in [0.15, 0.2) is 0 Å². The molecular formula is C20H29N3O2. The smallest absolute Gasteiger partial charge is 0.256 e. The van der Waals surface area contributed by atoms with Crippen LogP contribution in [0.5, 0.6) is 0 Å². The van der Waals surface area contributed by atoms with E-state index in [-0.39, 0.29) is 17.6 Å². The highest BCUT2D eigenvalue weighted by Gasteiger charge is 2.82. The fourth-order valence-corrected chi connectivity index (χ4v) is 4.50. The summed E-state index contributed by atoms with van der Waals surface area (Å²) in [5.74, 6) is -0.599. The number of primary amides is 1. The van der Waals surface area contributed by atoms with E-state index >= 15 is 0 Å². The van der Waals surface area contributed by atoms with Crippen LogP contribution < -0.4 is 5.73 Å². The molecule has 2 saturated heterocycles. The van der Waals surface area contributed by atoms with Crippen molar-refractivity contribution in [3.63, 3.8) is 0 Å². The Hall–Kier alpha value is -1.88. The maximum absolute atomic E-state index is 13.2. The summed E-state index contributed by atoms with van der Waals surface area (Å²) in [5.41, 5.74) is 6.10. The van der Waals surface area contributed by atoms with E-state index in [1.165, 1.54) is 12.8 Å². The molecule has 25 heavy (non-hydrogen) atoms. The van der Waals surface area contributed by atoms with Crippen molar-refractivity contribution in [3.8, 4) is 0 Å². The molecule has 5 heteroatoms. The van der Waals surface area contributed by atoms with E-state index in [2.05, 4.69) is 25.8 Å². The Morgan fingerprint density at radius 1 is 1.04 bits per heavy atom. The zero-order chi connectivity index (χ0) is 18.2. The quantitative estimate of drug-likeness (QED) is 0.738. The summed E-state index contributed by atoms with van der Waals surface area (Å²) in [4.78, 5) is 29.3. The molecule has 1 aromatic carbocycles. The molecule has 1 aromatic rings. The number of carbonyl (C=O) groups is 2. The highest BCUT2D eigenvalue weighted by Crippen LogP contribution is 2.63. The molecule has 5 nitrogen and oxygen atoms in total. The second-order valence-corrected chi connectivity index (χ2v) is 7.30. The van der Waals surface area contributed by atoms with Crippen LogP contribution in [0.25, 0.3) is 0 Å². The maximum Gasteiger partial charge on any atom is 0.256 e. The van der Waals surface area contributed by atoms with Crippen molar-refractivity contribution in [2.45, 2.75) is 70.1 Å². The summed E-state index contributed by atoms with van der Waals surface area (Å²) in [7, 11) is 2.12. The Morgan fingerprint density at radius 2 is 1.60 bits per heavy atom. The standard InChI is InChI=1S/C20H29N3O2/c1-4-6-12-16-20(22(16)3)17(13-7-5-2)23(20)19(25)15-11-9-8-10-14(15)18(21)24/h8-11,16-17H,4-7,12-13H2,1-3H3,(H2,21,24)/t16-,17?,20+,22?,23?/m1/s1. The van der Waals surface area contributed by atoms with Gasteiger partial charge < -0.3 is 10.6 Å². The zero-order valence-electron chi connectivity index (χ0n) is 15.5. The van der Waals surface area contributed by atoms with Gasteiger partial charge in [-0.25, -0.2) is 0 Å². The minimum absolute atomic E-state index is 0.0543. The molecule has 2 aliphatic heterocycles. The topological polar surface area (TPSA) is 66.2 Å². The molecule has 2 N–H and O–H groups in total. The number of hydrogen-bond acceptors (Lipinski definition) is 3. The van der Waals surface area contributed by atoms with Gasteiger partial charge in [0.1, 0.15) is 5.66 Å². The van der Waals surface area contributed by atoms with Crippen molar-refractivity contribution in [3.05, 3.63) is 35.4 Å². The van der Waals surface area contributed by atoms with E-state index in [9.17, 15) is 9.59 Å². The summed E-state index contributed by atoms with van der Waals surface area (Å²) >= 11 is 0. The van der Waals surface area contributed by atoms with E-state index in [1.54, 1.807) is 24.3 Å². The van der Waals surface area contributed by atoms with Crippen LogP contribution >= 0.6 is 0 Å². The summed E-state index contributed by atoms with van der Waals surface area (Å²) < 4.78 is 0. The van der Waals surface area contributed by atoms with Gasteiger partial charge in [-0.1, -0.05) is 51.7 Å². The highest BCUT2D eigenvalue weighted by atomic mass is 16.2. The number of unbranched alkanes of at least 4 members (excludes halogenated alkanes) is 2. The third kappa shape index (κ3) is 2.74. The van der Waals surface area contributed by atoms with E-state index in [0.717, 1.165) is 25.7 Å². The summed E-state index contributed by atoms with van der Waals surface area (Å²) in [5, 5.41) is 0. The molecule has 0 aromatic heterocycles. The lowest BCUT2D eigenvalue weighted by molar-refractivity contribution is 0.0845. The lowest BCUT2D eigenvalue weighted by atomic mass is 10.1. The molecule has 136 valence electrons. The van der Waals surface area contributed by atoms with Gasteiger partial charge >= 0.3 is 0 Å². The third-order valence-electron chi connectivity index (χ3n) is 5.88. The molecular weight excluding hydrogens is 314 g/mol. The predicted molar refractivity (Wildman–Crippen MR) is 98.2 cm³/mol. The van der Waals surface area contributed by atoms with Crippen LogP contribution in [-0.2, 0) is 0 Å². The van der Waals surface area contributed by atoms with Gasteiger partial charge in [0.25, 0.3) is 5.91 Å². The van der Waals surface area contributed by atoms with Gasteiger partial charge in [-0.15, -0.1) is 0 Å². The van der Waals surface area contributed by atoms with Crippen LogP contribution in [0.4, 0.5) is 0 Å². The van der Waals surface area contributed by atoms with Crippen LogP contribution in [0.1, 0.15) is 73.1 Å². The van der Waals surface area contributed by atoms with Gasteiger partial charge in [0, 0.05) is 0 Å². The predicted octanol–water partition coefficient (Wildman–Crippen LogP) is 3.00. The third-order valence-corrected chi connectivity index (χ3v) is 5.88. The number of hydrogen-bond donors (Lipinski definition) is 1. The number of nitrogens with two attached hydrogens (primary N) is 1. The molecule has 1 spiro atoms. The largest absolute Gasteiger partial charge is 0.366 e. The first-order valence-corrected chi connectivity index (χ1v) is 9.47. The Morgan fingerprint density at radius 3 is 2.16 bits per heavy atom. The van der Waals surface area contributed by atoms with Gasteiger partial charge in [-0.2, -0.15) is 0 Å². The highest BCUT2D eigenvalue weighted by molar-refractivity contribution is 6.08. The fourth-order valence-electron chi connectivity index (χ4n) is 4.50. The van der Waals surface area contributed by atoms with Gasteiger partial charge in [0.2, 0.25) is 5.91 Å². The van der Waals surface area contributed by atoms with Crippen LogP contribution in [0.3, 0.4) is 0 Å². The number of benzene rings is 1. The number of rotatable bonds is 8. The van der Waals surface area contributed by atoms with Crippen LogP contribution in [-0.4, -0.2) is 46.4 Å². The van der Waals surface area contributed by atoms with Crippen molar-refractivity contribution >= 4 is 11.8 Å². The number of amides is 2. The first-order valence-electron chi connectivity index (χ1n) is 9.47. The summed E-state index contributed by atoms with van der Waals surface area (Å²) in [6, 6.07) is 7.60. The minimum Gasteiger partial charge on any atom is -0.366 e. The molecule has 2 aliphatic rings. The SMILES string of the molecule is CCCCC1N(C(=O)c2ccccc2C(N)=O)[C@@]12[C@@H](CCCC)N2C. The molecule has 4 atom stereocenters. The average molecular weight is 343 g/mol. The fraction of sp³-hybridized carbons (Fsp3) is 0.600. The normalized spacial score (nSPS) is 29.7. The van der Waals surface area contributed by atoms with E-state index in [4.69, 9.17) is 5.73 Å². The molecule has 0 aliphatic carbocycles. The van der Waals surface area contributed by atoms with Crippen molar-refractivity contribution in [2.24, 2.45) is 5.73 Å². The summed E-state index contributed by atoms with van der Waals surface area (Å²) in [6.45, 7) is 4.37. The number of likely N-dealkylation sites (N-methyl/N-ethyl adjacent to an activating group) is 1. The second kappa shape index (κ2) is 6.79. The first kappa shape index (κ1) is 17.9. The molecule has 0 radical (unpaired) electrons. The lowest BCUT2D eigenvalue weighted by Gasteiger charge is -2.08. The number of carbonyl (C=O) groups excluding carboxylic acids is 2. The Bertz CT molecular complexity index is 675. The molecule has 2 fully saturated rings. The van der Waals surface area contributed by atoms with E-state index in [0.29, 0.717) is 17.2 Å². The molecule has 2 unspecified atom stereocenters. The molecule has 0 saturated carbocycles. The molecule has 2 amide bonds. The van der Waals surface area contributed by atoms with E-state index in [1.807, 2.05) is 4.90 Å². The average Bonchev–Trinajstić information content (AvgIpc) is 3.45. The second-order valence-electron chi connectivity index (χ2n) is 7.30. The first-order chi connectivity index (χ1) is 12.0. The van der Waals surface area contributed by atoms with Gasteiger partial charge in [-0.3, -0.25) is 14.5 Å². The van der Waals surface area contributed by atoms with Crippen LogP contribution in [0, 0.1) is 0 Å². The van der Waals surface area contributed by atoms with Crippen molar-refractivity contribution < 1.29 is 9.59 Å². The van der Waals surface area contributed by atoms with Crippen molar-refractivity contribution in [1.82, 2.24) is 9.80 Å². The van der Waals surface area contributed by atoms with Crippen molar-refractivity contribution in [2.75, 3.05) is 7.05 Å². The minimum atomic E-state index is -0.545. The monoisotopic (exact) mass is 343 g/mol. The summed E-state index contributed by atoms with van der Waals surface area (Å²) in [6.07, 6.45) is 6.72. The van der Waals surface area contributed by atoms with Crippen LogP contribution in [0.2, 0.25) is 0 Å². The molecule has 0 bridgehead atoms. The Kier molecular flexibility index (Phi) is 4.87. The van der Waals surface area contributed by atoms with Gasteiger partial charge in [0.05, 0.1) is 23.2 Å².